The van der Waals surface area contributed by atoms with Crippen molar-refractivity contribution in [3.05, 3.63) is 64.7 Å². The van der Waals surface area contributed by atoms with Gasteiger partial charge in [0.15, 0.2) is 5.60 Å². The van der Waals surface area contributed by atoms with Crippen molar-refractivity contribution in [1.82, 2.24) is 5.32 Å². The number of amides is 2. The van der Waals surface area contributed by atoms with Gasteiger partial charge < -0.3 is 29.6 Å². The predicted molar refractivity (Wildman–Crippen MR) is 107 cm³/mol. The molecule has 0 radical (unpaired) electrons. The molecule has 0 aliphatic heterocycles. The number of benzene rings is 1. The lowest BCUT2D eigenvalue weighted by Gasteiger charge is -2.25. The average Bonchev–Trinajstić information content (AvgIpc) is 3.46. The van der Waals surface area contributed by atoms with E-state index in [0.717, 1.165) is 0 Å². The highest BCUT2D eigenvalue weighted by Crippen LogP contribution is 2.33. The van der Waals surface area contributed by atoms with Crippen LogP contribution >= 0.6 is 11.3 Å². The summed E-state index contributed by atoms with van der Waals surface area (Å²) in [5.41, 5.74) is -1.28. The van der Waals surface area contributed by atoms with Gasteiger partial charge in [-0.25, -0.2) is 0 Å². The van der Waals surface area contributed by atoms with Crippen molar-refractivity contribution in [2.45, 2.75) is 5.60 Å². The maximum atomic E-state index is 12.3. The monoisotopic (exact) mass is 416 g/mol. The number of nitrogens with one attached hydrogen (secondary N) is 2. The number of hydrogen-bond acceptors (Lipinski definition) is 7. The molecule has 1 atom stereocenters. The molecule has 3 aromatic rings. The van der Waals surface area contributed by atoms with Gasteiger partial charge in [0.05, 0.1) is 32.7 Å². The molecule has 0 aliphatic carbocycles. The minimum atomic E-state index is -1.59. The molecule has 2 aromatic heterocycles. The highest BCUT2D eigenvalue weighted by molar-refractivity contribution is 7.10. The Morgan fingerprint density at radius 2 is 1.97 bits per heavy atom. The van der Waals surface area contributed by atoms with Gasteiger partial charge in [-0.2, -0.15) is 0 Å². The zero-order chi connectivity index (χ0) is 20.9. The number of furan rings is 1. The van der Waals surface area contributed by atoms with E-state index in [1.165, 1.54) is 31.8 Å². The average molecular weight is 416 g/mol. The smallest absolute Gasteiger partial charge is 0.313 e. The molecule has 8 nitrogen and oxygen atoms in total. The van der Waals surface area contributed by atoms with E-state index in [1.54, 1.807) is 47.8 Å². The van der Waals surface area contributed by atoms with Gasteiger partial charge in [0.25, 0.3) is 0 Å². The first-order chi connectivity index (χ1) is 14.0. The highest BCUT2D eigenvalue weighted by Gasteiger charge is 2.36. The summed E-state index contributed by atoms with van der Waals surface area (Å²) >= 11 is 1.31. The molecular formula is C20H20N2O6S. The Kier molecular flexibility index (Phi) is 6.20. The number of anilines is 1. The molecule has 1 aromatic carbocycles. The van der Waals surface area contributed by atoms with Gasteiger partial charge in [-0.05, 0) is 35.7 Å². The van der Waals surface area contributed by atoms with Crippen LogP contribution in [-0.4, -0.2) is 37.7 Å². The van der Waals surface area contributed by atoms with Gasteiger partial charge in [0, 0.05) is 10.9 Å². The molecule has 0 fully saturated rings. The Hall–Kier alpha value is -3.30. The van der Waals surface area contributed by atoms with Gasteiger partial charge >= 0.3 is 11.8 Å². The summed E-state index contributed by atoms with van der Waals surface area (Å²) in [5.74, 6) is -0.664. The lowest BCUT2D eigenvalue weighted by atomic mass is 9.98. The summed E-state index contributed by atoms with van der Waals surface area (Å²) in [5, 5.41) is 17.9. The largest absolute Gasteiger partial charge is 0.497 e. The highest BCUT2D eigenvalue weighted by atomic mass is 32.1. The summed E-state index contributed by atoms with van der Waals surface area (Å²) in [4.78, 5) is 25.2. The Morgan fingerprint density at radius 1 is 1.14 bits per heavy atom. The van der Waals surface area contributed by atoms with E-state index in [4.69, 9.17) is 13.9 Å². The molecular weight excluding hydrogens is 396 g/mol. The zero-order valence-electron chi connectivity index (χ0n) is 15.8. The molecule has 0 spiro atoms. The van der Waals surface area contributed by atoms with Crippen molar-refractivity contribution in [1.29, 1.82) is 0 Å². The first-order valence-corrected chi connectivity index (χ1v) is 9.47. The summed E-state index contributed by atoms with van der Waals surface area (Å²) in [6.07, 6.45) is 1.43. The number of thiophene rings is 1. The standard InChI is InChI=1S/C20H20N2O6S/c1-26-13-7-8-14(15(11-13)27-2)22-19(24)18(23)21-12-20(25,16-5-3-9-28-16)17-6-4-10-29-17/h3-11,25H,12H2,1-2H3,(H,21,23)(H,22,24). The van der Waals surface area contributed by atoms with E-state index in [2.05, 4.69) is 10.6 Å². The molecule has 0 saturated carbocycles. The van der Waals surface area contributed by atoms with Gasteiger partial charge in [-0.15, -0.1) is 11.3 Å². The molecule has 9 heteroatoms. The third kappa shape index (κ3) is 4.41. The maximum absolute atomic E-state index is 12.3. The minimum absolute atomic E-state index is 0.243. The predicted octanol–water partition coefficient (Wildman–Crippen LogP) is 2.35. The maximum Gasteiger partial charge on any atom is 0.313 e. The fourth-order valence-corrected chi connectivity index (χ4v) is 3.52. The van der Waals surface area contributed by atoms with Gasteiger partial charge in [0.2, 0.25) is 0 Å². The molecule has 3 N–H and O–H groups in total. The number of ether oxygens (including phenoxy) is 2. The van der Waals surface area contributed by atoms with Crippen molar-refractivity contribution in [2.24, 2.45) is 0 Å². The van der Waals surface area contributed by atoms with Crippen molar-refractivity contribution in [3.8, 4) is 11.5 Å². The van der Waals surface area contributed by atoms with Crippen molar-refractivity contribution < 1.29 is 28.6 Å². The van der Waals surface area contributed by atoms with Crippen LogP contribution in [0.4, 0.5) is 5.69 Å². The fourth-order valence-electron chi connectivity index (χ4n) is 2.69. The van der Waals surface area contributed by atoms with E-state index in [1.807, 2.05) is 0 Å². The fraction of sp³-hybridized carbons (Fsp3) is 0.200. The van der Waals surface area contributed by atoms with E-state index < -0.39 is 17.4 Å². The van der Waals surface area contributed by atoms with E-state index in [-0.39, 0.29) is 12.3 Å². The van der Waals surface area contributed by atoms with Gasteiger partial charge in [-0.3, -0.25) is 9.59 Å². The SMILES string of the molecule is COc1ccc(NC(=O)C(=O)NCC(O)(c2ccco2)c2cccs2)c(OC)c1. The Labute approximate surface area is 171 Å². The summed E-state index contributed by atoms with van der Waals surface area (Å²) in [6.45, 7) is -0.243. The van der Waals surface area contributed by atoms with Crippen LogP contribution in [0.5, 0.6) is 11.5 Å². The number of carbonyl (C=O) groups is 2. The van der Waals surface area contributed by atoms with E-state index in [9.17, 15) is 14.7 Å². The molecule has 2 heterocycles. The zero-order valence-corrected chi connectivity index (χ0v) is 16.6. The first-order valence-electron chi connectivity index (χ1n) is 8.59. The Balaban J connectivity index is 1.70. The number of aliphatic hydroxyl groups is 1. The Morgan fingerprint density at radius 3 is 2.59 bits per heavy atom. The molecule has 1 unspecified atom stereocenters. The lowest BCUT2D eigenvalue weighted by molar-refractivity contribution is -0.136. The van der Waals surface area contributed by atoms with E-state index >= 15 is 0 Å². The Bertz CT molecular complexity index is 935. The molecule has 2 amide bonds. The van der Waals surface area contributed by atoms with Crippen molar-refractivity contribution >= 4 is 28.8 Å². The number of methoxy groups -OCH3 is 2. The van der Waals surface area contributed by atoms with Crippen LogP contribution in [0.25, 0.3) is 0 Å². The first kappa shape index (κ1) is 20.4. The van der Waals surface area contributed by atoms with Crippen molar-refractivity contribution in [2.75, 3.05) is 26.1 Å². The molecule has 3 rings (SSSR count). The second kappa shape index (κ2) is 8.80. The molecule has 152 valence electrons. The van der Waals surface area contributed by atoms with Crippen LogP contribution in [0.3, 0.4) is 0 Å². The van der Waals surface area contributed by atoms with Crippen LogP contribution in [-0.2, 0) is 15.2 Å². The van der Waals surface area contributed by atoms with Crippen LogP contribution in [0.15, 0.2) is 58.5 Å². The third-order valence-electron chi connectivity index (χ3n) is 4.23. The second-order valence-corrected chi connectivity index (χ2v) is 6.97. The van der Waals surface area contributed by atoms with Crippen LogP contribution < -0.4 is 20.1 Å². The molecule has 0 aliphatic rings. The van der Waals surface area contributed by atoms with Crippen LogP contribution in [0, 0.1) is 0 Å². The third-order valence-corrected chi connectivity index (χ3v) is 5.25. The second-order valence-electron chi connectivity index (χ2n) is 6.02. The van der Waals surface area contributed by atoms with Crippen LogP contribution in [0.1, 0.15) is 10.6 Å². The normalized spacial score (nSPS) is 12.7. The quantitative estimate of drug-likeness (QED) is 0.510. The number of hydrogen-bond donors (Lipinski definition) is 3. The molecule has 0 bridgehead atoms. The summed E-state index contributed by atoms with van der Waals surface area (Å²) < 4.78 is 15.6. The lowest BCUT2D eigenvalue weighted by Crippen LogP contribution is -2.44. The summed E-state index contributed by atoms with van der Waals surface area (Å²) in [7, 11) is 2.95. The van der Waals surface area contributed by atoms with Crippen LogP contribution in [0.2, 0.25) is 0 Å². The topological polar surface area (TPSA) is 110 Å². The van der Waals surface area contributed by atoms with Gasteiger partial charge in [-0.1, -0.05) is 6.07 Å². The molecule has 29 heavy (non-hydrogen) atoms. The van der Waals surface area contributed by atoms with E-state index in [0.29, 0.717) is 22.1 Å². The van der Waals surface area contributed by atoms with Gasteiger partial charge in [0.1, 0.15) is 17.3 Å². The summed E-state index contributed by atoms with van der Waals surface area (Å²) in [6, 6.07) is 11.5. The number of carbonyl (C=O) groups excluding carboxylic acids is 2. The number of rotatable bonds is 7. The van der Waals surface area contributed by atoms with Crippen molar-refractivity contribution in [3.63, 3.8) is 0 Å². The minimum Gasteiger partial charge on any atom is -0.497 e. The molecule has 0 saturated heterocycles.